The van der Waals surface area contributed by atoms with Crippen LogP contribution in [0.4, 0.5) is 0 Å². The number of hydrogen-bond acceptors (Lipinski definition) is 4. The Morgan fingerprint density at radius 3 is 2.48 bits per heavy atom. The number of aryl methyl sites for hydroxylation is 1. The van der Waals surface area contributed by atoms with Crippen molar-refractivity contribution in [1.82, 2.24) is 9.13 Å². The Hall–Kier alpha value is -2.28. The van der Waals surface area contributed by atoms with Crippen molar-refractivity contribution in [2.24, 2.45) is 0 Å². The highest BCUT2D eigenvalue weighted by molar-refractivity contribution is 6.35. The van der Waals surface area contributed by atoms with Crippen LogP contribution in [0.3, 0.4) is 0 Å². The number of fused-ring (bicyclic) bond motifs is 1. The van der Waals surface area contributed by atoms with Gasteiger partial charge in [-0.1, -0.05) is 42.3 Å². The molecule has 142 valence electrons. The molecule has 0 saturated carbocycles. The van der Waals surface area contributed by atoms with Crippen LogP contribution in [-0.4, -0.2) is 26.3 Å². The van der Waals surface area contributed by atoms with Crippen LogP contribution in [0.5, 0.6) is 5.75 Å². The summed E-state index contributed by atoms with van der Waals surface area (Å²) in [7, 11) is 0. The molecule has 0 spiro atoms. The van der Waals surface area contributed by atoms with E-state index in [1.54, 1.807) is 4.57 Å². The zero-order valence-corrected chi connectivity index (χ0v) is 16.2. The van der Waals surface area contributed by atoms with Gasteiger partial charge in [-0.15, -0.1) is 0 Å². The second kappa shape index (κ2) is 8.17. The molecule has 27 heavy (non-hydrogen) atoms. The fraction of sp³-hybridized carbons (Fsp3) is 0.263. The Kier molecular flexibility index (Phi) is 5.89. The normalized spacial score (nSPS) is 12.3. The summed E-state index contributed by atoms with van der Waals surface area (Å²) >= 11 is 11.8. The largest absolute Gasteiger partial charge is 0.423 e. The van der Waals surface area contributed by atoms with E-state index in [9.17, 15) is 9.90 Å². The van der Waals surface area contributed by atoms with Crippen molar-refractivity contribution in [1.29, 1.82) is 5.41 Å². The molecule has 8 heteroatoms. The molecule has 0 amide bonds. The molecular weight excluding hydrogens is 389 g/mol. The summed E-state index contributed by atoms with van der Waals surface area (Å²) in [6, 6.07) is 12.0. The third kappa shape index (κ3) is 4.03. The van der Waals surface area contributed by atoms with Gasteiger partial charge in [0, 0.05) is 11.6 Å². The van der Waals surface area contributed by atoms with Gasteiger partial charge in [0.15, 0.2) is 6.10 Å². The molecule has 0 aliphatic rings. The summed E-state index contributed by atoms with van der Waals surface area (Å²) in [6.07, 6.45) is -0.587. The summed E-state index contributed by atoms with van der Waals surface area (Å²) in [5.74, 6) is -0.729. The molecule has 0 bridgehead atoms. The van der Waals surface area contributed by atoms with Gasteiger partial charge in [-0.05, 0) is 36.8 Å². The van der Waals surface area contributed by atoms with E-state index in [1.807, 2.05) is 35.8 Å². The Labute approximate surface area is 166 Å². The van der Waals surface area contributed by atoms with Crippen molar-refractivity contribution < 1.29 is 14.6 Å². The Balaban J connectivity index is 1.85. The number of imidazole rings is 1. The number of aliphatic hydroxyl groups is 1. The fourth-order valence-corrected chi connectivity index (χ4v) is 3.36. The highest BCUT2D eigenvalue weighted by Gasteiger charge is 2.22. The van der Waals surface area contributed by atoms with Gasteiger partial charge >= 0.3 is 5.97 Å². The Bertz CT molecular complexity index is 1040. The fourth-order valence-electron chi connectivity index (χ4n) is 2.91. The molecule has 3 rings (SSSR count). The van der Waals surface area contributed by atoms with Gasteiger partial charge < -0.3 is 19.0 Å². The molecule has 0 saturated heterocycles. The standard InChI is InChI=1S/C19H19Cl2N3O3/c1-2-9-23-14-5-3-4-6-15(14)24(19(23)22)11-16(25)18(26)27-17-8-7-12(20)10-13(17)21/h3-8,10,16,22,25H,2,9,11H2,1H3. The third-order valence-corrected chi connectivity index (χ3v) is 4.68. The van der Waals surface area contributed by atoms with E-state index < -0.39 is 12.1 Å². The first-order chi connectivity index (χ1) is 12.9. The first kappa shape index (κ1) is 19.5. The molecule has 1 heterocycles. The third-order valence-electron chi connectivity index (χ3n) is 4.15. The number of nitrogens with zero attached hydrogens (tertiary/aromatic N) is 2. The molecular formula is C19H19Cl2N3O3. The molecule has 2 N–H and O–H groups in total. The molecule has 6 nitrogen and oxygen atoms in total. The quantitative estimate of drug-likeness (QED) is 0.483. The molecule has 0 aliphatic carbocycles. The van der Waals surface area contributed by atoms with Gasteiger partial charge in [0.25, 0.3) is 0 Å². The lowest BCUT2D eigenvalue weighted by Crippen LogP contribution is -2.35. The van der Waals surface area contributed by atoms with Crippen molar-refractivity contribution in [2.75, 3.05) is 0 Å². The molecule has 1 atom stereocenters. The molecule has 3 aromatic rings. The van der Waals surface area contributed by atoms with Gasteiger partial charge in [-0.3, -0.25) is 5.41 Å². The van der Waals surface area contributed by atoms with Crippen LogP contribution in [0.2, 0.25) is 10.0 Å². The van der Waals surface area contributed by atoms with Crippen LogP contribution in [0, 0.1) is 5.41 Å². The average molecular weight is 408 g/mol. The Morgan fingerprint density at radius 1 is 1.19 bits per heavy atom. The van der Waals surface area contributed by atoms with Crippen molar-refractivity contribution in [3.05, 3.63) is 58.1 Å². The second-order valence-electron chi connectivity index (χ2n) is 6.09. The van der Waals surface area contributed by atoms with Gasteiger partial charge in [0.05, 0.1) is 22.6 Å². The van der Waals surface area contributed by atoms with Crippen molar-refractivity contribution in [2.45, 2.75) is 32.5 Å². The lowest BCUT2D eigenvalue weighted by molar-refractivity contribution is -0.144. The maximum absolute atomic E-state index is 12.3. The maximum Gasteiger partial charge on any atom is 0.342 e. The second-order valence-corrected chi connectivity index (χ2v) is 6.93. The minimum absolute atomic E-state index is 0.0971. The summed E-state index contributed by atoms with van der Waals surface area (Å²) in [5, 5.41) is 19.4. The van der Waals surface area contributed by atoms with Crippen LogP contribution in [0.1, 0.15) is 13.3 Å². The van der Waals surface area contributed by atoms with Gasteiger partial charge in [-0.25, -0.2) is 4.79 Å². The van der Waals surface area contributed by atoms with Gasteiger partial charge in [-0.2, -0.15) is 0 Å². The zero-order valence-electron chi connectivity index (χ0n) is 14.7. The number of para-hydroxylation sites is 2. The number of esters is 1. The van der Waals surface area contributed by atoms with Gasteiger partial charge in [0.1, 0.15) is 5.75 Å². The predicted molar refractivity (Wildman–Crippen MR) is 104 cm³/mol. The SMILES string of the molecule is CCCn1c(=N)n(CC(O)C(=O)Oc2ccc(Cl)cc2Cl)c2ccccc21. The van der Waals surface area contributed by atoms with Crippen LogP contribution in [-0.2, 0) is 17.9 Å². The van der Waals surface area contributed by atoms with E-state index in [0.29, 0.717) is 11.6 Å². The number of carbonyl (C=O) groups excluding carboxylic acids is 1. The Morgan fingerprint density at radius 2 is 1.85 bits per heavy atom. The van der Waals surface area contributed by atoms with Crippen LogP contribution < -0.4 is 10.4 Å². The summed E-state index contributed by atoms with van der Waals surface area (Å²) < 4.78 is 8.63. The summed E-state index contributed by atoms with van der Waals surface area (Å²) in [4.78, 5) is 12.3. The number of aromatic nitrogens is 2. The number of ether oxygens (including phenoxy) is 1. The van der Waals surface area contributed by atoms with Gasteiger partial charge in [0.2, 0.25) is 5.62 Å². The first-order valence-electron chi connectivity index (χ1n) is 8.49. The smallest absolute Gasteiger partial charge is 0.342 e. The van der Waals surface area contributed by atoms with E-state index in [-0.39, 0.29) is 22.9 Å². The van der Waals surface area contributed by atoms with Crippen LogP contribution in [0.25, 0.3) is 11.0 Å². The number of benzene rings is 2. The first-order valence-corrected chi connectivity index (χ1v) is 9.25. The summed E-state index contributed by atoms with van der Waals surface area (Å²) in [5.41, 5.74) is 1.87. The maximum atomic E-state index is 12.3. The number of rotatable bonds is 6. The number of aliphatic hydroxyl groups excluding tert-OH is 1. The minimum atomic E-state index is -1.45. The highest BCUT2D eigenvalue weighted by atomic mass is 35.5. The molecule has 1 aromatic heterocycles. The molecule has 0 radical (unpaired) electrons. The molecule has 0 fully saturated rings. The lowest BCUT2D eigenvalue weighted by atomic mass is 10.3. The number of carbonyl (C=O) groups is 1. The number of hydrogen-bond donors (Lipinski definition) is 2. The van der Waals surface area contributed by atoms with Crippen LogP contribution in [0.15, 0.2) is 42.5 Å². The van der Waals surface area contributed by atoms with E-state index in [4.69, 9.17) is 33.3 Å². The monoisotopic (exact) mass is 407 g/mol. The van der Waals surface area contributed by atoms with Crippen molar-refractivity contribution in [3.63, 3.8) is 0 Å². The number of nitrogens with one attached hydrogen (secondary N) is 1. The zero-order chi connectivity index (χ0) is 19.6. The van der Waals surface area contributed by atoms with Crippen molar-refractivity contribution >= 4 is 40.2 Å². The van der Waals surface area contributed by atoms with E-state index >= 15 is 0 Å². The number of halogens is 2. The molecule has 2 aromatic carbocycles. The van der Waals surface area contributed by atoms with Crippen molar-refractivity contribution in [3.8, 4) is 5.75 Å². The van der Waals surface area contributed by atoms with E-state index in [0.717, 1.165) is 17.5 Å². The average Bonchev–Trinajstić information content (AvgIpc) is 2.90. The minimum Gasteiger partial charge on any atom is -0.423 e. The molecule has 0 aliphatic heterocycles. The van der Waals surface area contributed by atoms with E-state index in [1.165, 1.54) is 18.2 Å². The van der Waals surface area contributed by atoms with E-state index in [2.05, 4.69) is 0 Å². The predicted octanol–water partition coefficient (Wildman–Crippen LogP) is 3.61. The topological polar surface area (TPSA) is 80.2 Å². The highest BCUT2D eigenvalue weighted by Crippen LogP contribution is 2.27. The molecule has 1 unspecified atom stereocenters. The van der Waals surface area contributed by atoms with Crippen LogP contribution >= 0.6 is 23.2 Å². The summed E-state index contributed by atoms with van der Waals surface area (Å²) in [6.45, 7) is 2.61. The lowest BCUT2D eigenvalue weighted by Gasteiger charge is -2.13.